The molecule has 0 aliphatic rings. The van der Waals surface area contributed by atoms with E-state index in [1.165, 1.54) is 6.92 Å². The minimum absolute atomic E-state index is 0.102. The zero-order chi connectivity index (χ0) is 17.8. The molecular weight excluding hydrogens is 332 g/mol. The number of thiocarbonyl (C=S) groups is 1. The molecule has 6 heteroatoms. The van der Waals surface area contributed by atoms with E-state index in [2.05, 4.69) is 10.3 Å². The zero-order valence-corrected chi connectivity index (χ0v) is 14.6. The van der Waals surface area contributed by atoms with Crippen LogP contribution in [-0.4, -0.2) is 20.4 Å². The molecule has 0 aliphatic heterocycles. The Morgan fingerprint density at radius 3 is 2.80 bits per heavy atom. The summed E-state index contributed by atoms with van der Waals surface area (Å²) >= 11 is 5.04. The van der Waals surface area contributed by atoms with Gasteiger partial charge in [-0.3, -0.25) is 4.79 Å². The fourth-order valence-corrected chi connectivity index (χ4v) is 2.78. The molecule has 3 rings (SSSR count). The second-order valence-electron chi connectivity index (χ2n) is 5.71. The van der Waals surface area contributed by atoms with Crippen LogP contribution >= 0.6 is 12.2 Å². The summed E-state index contributed by atoms with van der Waals surface area (Å²) in [5.74, 6) is 0.725. The summed E-state index contributed by atoms with van der Waals surface area (Å²) in [5, 5.41) is 2.79. The fourth-order valence-electron chi connectivity index (χ4n) is 2.66. The van der Waals surface area contributed by atoms with E-state index in [4.69, 9.17) is 18.0 Å². The largest absolute Gasteiger partial charge is 0.389 e. The van der Waals surface area contributed by atoms with Gasteiger partial charge in [0.05, 0.1) is 0 Å². The molecule has 0 radical (unpaired) electrons. The fraction of sp³-hybridized carbons (Fsp3) is 0.105. The third-order valence-electron chi connectivity index (χ3n) is 3.72. The van der Waals surface area contributed by atoms with Crippen molar-refractivity contribution in [1.29, 1.82) is 0 Å². The second-order valence-corrected chi connectivity index (χ2v) is 6.15. The lowest BCUT2D eigenvalue weighted by Gasteiger charge is -2.10. The van der Waals surface area contributed by atoms with Gasteiger partial charge in [-0.1, -0.05) is 42.5 Å². The van der Waals surface area contributed by atoms with Crippen molar-refractivity contribution in [3.8, 4) is 11.4 Å². The molecule has 0 spiro atoms. The Hall–Kier alpha value is -2.99. The maximum absolute atomic E-state index is 11.3. The number of nitrogens with zero attached hydrogens (tertiary/aromatic N) is 2. The molecule has 1 amide bonds. The maximum atomic E-state index is 11.3. The summed E-state index contributed by atoms with van der Waals surface area (Å²) in [6, 6.07) is 15.5. The third kappa shape index (κ3) is 4.10. The third-order valence-corrected chi connectivity index (χ3v) is 3.96. The number of benzene rings is 2. The van der Waals surface area contributed by atoms with E-state index < -0.39 is 0 Å². The number of imidazole rings is 1. The number of carbonyl (C=O) groups is 1. The van der Waals surface area contributed by atoms with E-state index in [0.717, 1.165) is 28.2 Å². The number of nitrogens with two attached hydrogens (primary N) is 1. The molecule has 3 aromatic rings. The molecule has 2 aromatic carbocycles. The molecule has 0 aliphatic carbocycles. The lowest BCUT2D eigenvalue weighted by atomic mass is 10.1. The van der Waals surface area contributed by atoms with Gasteiger partial charge in [-0.05, 0) is 23.8 Å². The van der Waals surface area contributed by atoms with Gasteiger partial charge in [0.2, 0.25) is 5.91 Å². The lowest BCUT2D eigenvalue weighted by molar-refractivity contribution is -0.114. The Kier molecular flexibility index (Phi) is 4.90. The van der Waals surface area contributed by atoms with Gasteiger partial charge in [0.15, 0.2) is 0 Å². The molecule has 3 N–H and O–H groups in total. The topological polar surface area (TPSA) is 72.9 Å². The molecule has 25 heavy (non-hydrogen) atoms. The first kappa shape index (κ1) is 16.9. The molecule has 0 saturated heterocycles. The van der Waals surface area contributed by atoms with Crippen LogP contribution < -0.4 is 11.1 Å². The van der Waals surface area contributed by atoms with E-state index in [0.29, 0.717) is 11.5 Å². The summed E-state index contributed by atoms with van der Waals surface area (Å²) in [6.45, 7) is 2.14. The predicted molar refractivity (Wildman–Crippen MR) is 103 cm³/mol. The van der Waals surface area contributed by atoms with Crippen molar-refractivity contribution in [2.45, 2.75) is 13.5 Å². The van der Waals surface area contributed by atoms with Gasteiger partial charge in [0.25, 0.3) is 0 Å². The van der Waals surface area contributed by atoms with E-state index in [1.807, 2.05) is 59.3 Å². The van der Waals surface area contributed by atoms with Crippen molar-refractivity contribution in [3.05, 3.63) is 72.1 Å². The van der Waals surface area contributed by atoms with Gasteiger partial charge in [-0.25, -0.2) is 4.98 Å². The number of carbonyl (C=O) groups excluding carboxylic acids is 1. The first-order valence-electron chi connectivity index (χ1n) is 7.81. The Balaban J connectivity index is 1.89. The van der Waals surface area contributed by atoms with E-state index in [9.17, 15) is 4.79 Å². The average molecular weight is 350 g/mol. The highest BCUT2D eigenvalue weighted by atomic mass is 32.1. The minimum atomic E-state index is -0.102. The van der Waals surface area contributed by atoms with Crippen LogP contribution in [0.3, 0.4) is 0 Å². The monoisotopic (exact) mass is 350 g/mol. The molecule has 0 fully saturated rings. The van der Waals surface area contributed by atoms with Crippen molar-refractivity contribution >= 4 is 28.8 Å². The number of nitrogens with one attached hydrogen (secondary N) is 1. The molecule has 1 aromatic heterocycles. The molecular formula is C19H18N4OS. The van der Waals surface area contributed by atoms with Crippen LogP contribution in [0.25, 0.3) is 11.4 Å². The molecule has 5 nitrogen and oxygen atoms in total. The highest BCUT2D eigenvalue weighted by Crippen LogP contribution is 2.22. The van der Waals surface area contributed by atoms with Gasteiger partial charge in [0.1, 0.15) is 10.8 Å². The summed E-state index contributed by atoms with van der Waals surface area (Å²) in [7, 11) is 0. The van der Waals surface area contributed by atoms with E-state index in [1.54, 1.807) is 6.20 Å². The van der Waals surface area contributed by atoms with E-state index in [-0.39, 0.29) is 5.91 Å². The Morgan fingerprint density at radius 1 is 1.24 bits per heavy atom. The number of hydrogen-bond acceptors (Lipinski definition) is 3. The molecule has 0 saturated carbocycles. The number of aromatic nitrogens is 2. The summed E-state index contributed by atoms with van der Waals surface area (Å²) < 4.78 is 2.05. The van der Waals surface area contributed by atoms with Crippen LogP contribution in [0.5, 0.6) is 0 Å². The van der Waals surface area contributed by atoms with Crippen molar-refractivity contribution < 1.29 is 4.79 Å². The van der Waals surface area contributed by atoms with Gasteiger partial charge in [-0.15, -0.1) is 0 Å². The average Bonchev–Trinajstić information content (AvgIpc) is 3.03. The van der Waals surface area contributed by atoms with Crippen LogP contribution in [0, 0.1) is 0 Å². The summed E-state index contributed by atoms with van der Waals surface area (Å²) in [4.78, 5) is 16.1. The van der Waals surface area contributed by atoms with Crippen LogP contribution in [0.15, 0.2) is 60.9 Å². The molecule has 1 heterocycles. The second kappa shape index (κ2) is 7.27. The number of hydrogen-bond donors (Lipinski definition) is 2. The van der Waals surface area contributed by atoms with Crippen LogP contribution in [0.4, 0.5) is 5.69 Å². The summed E-state index contributed by atoms with van der Waals surface area (Å²) in [6.07, 6.45) is 3.69. The first-order valence-corrected chi connectivity index (χ1v) is 8.21. The van der Waals surface area contributed by atoms with Gasteiger partial charge in [0, 0.05) is 42.7 Å². The standard InChI is InChI=1S/C19H18N4OS/c1-13(24)22-17-7-3-6-16(11-17)19-21-8-9-23(19)12-14-4-2-5-15(10-14)18(20)25/h2-11H,12H2,1H3,(H2,20,25)(H,22,24). The van der Waals surface area contributed by atoms with Crippen molar-refractivity contribution in [1.82, 2.24) is 9.55 Å². The molecule has 0 bridgehead atoms. The molecule has 0 unspecified atom stereocenters. The smallest absolute Gasteiger partial charge is 0.221 e. The Morgan fingerprint density at radius 2 is 2.04 bits per heavy atom. The number of rotatable bonds is 5. The quantitative estimate of drug-likeness (QED) is 0.693. The van der Waals surface area contributed by atoms with Gasteiger partial charge < -0.3 is 15.6 Å². The predicted octanol–water partition coefficient (Wildman–Crippen LogP) is 3.19. The zero-order valence-electron chi connectivity index (χ0n) is 13.8. The number of anilines is 1. The van der Waals surface area contributed by atoms with Gasteiger partial charge in [-0.2, -0.15) is 0 Å². The van der Waals surface area contributed by atoms with Crippen LogP contribution in [0.1, 0.15) is 18.1 Å². The minimum Gasteiger partial charge on any atom is -0.389 e. The summed E-state index contributed by atoms with van der Waals surface area (Å²) in [5.41, 5.74) is 9.32. The van der Waals surface area contributed by atoms with Crippen molar-refractivity contribution in [3.63, 3.8) is 0 Å². The highest BCUT2D eigenvalue weighted by Gasteiger charge is 2.08. The first-order chi connectivity index (χ1) is 12.0. The molecule has 0 atom stereocenters. The SMILES string of the molecule is CC(=O)Nc1cccc(-c2nccn2Cc2cccc(C(N)=S)c2)c1. The van der Waals surface area contributed by atoms with Crippen molar-refractivity contribution in [2.75, 3.05) is 5.32 Å². The Bertz CT molecular complexity index is 932. The van der Waals surface area contributed by atoms with Crippen LogP contribution in [-0.2, 0) is 11.3 Å². The van der Waals surface area contributed by atoms with E-state index >= 15 is 0 Å². The normalized spacial score (nSPS) is 10.4. The van der Waals surface area contributed by atoms with Crippen LogP contribution in [0.2, 0.25) is 0 Å². The number of amides is 1. The van der Waals surface area contributed by atoms with Gasteiger partial charge >= 0.3 is 0 Å². The molecule has 126 valence electrons. The lowest BCUT2D eigenvalue weighted by Crippen LogP contribution is -2.10. The highest BCUT2D eigenvalue weighted by molar-refractivity contribution is 7.80. The Labute approximate surface area is 151 Å². The maximum Gasteiger partial charge on any atom is 0.221 e. The van der Waals surface area contributed by atoms with Crippen molar-refractivity contribution in [2.24, 2.45) is 5.73 Å².